The van der Waals surface area contributed by atoms with Gasteiger partial charge < -0.3 is 5.32 Å². The lowest BCUT2D eigenvalue weighted by molar-refractivity contribution is -0.137. The van der Waals surface area contributed by atoms with Gasteiger partial charge in [0.25, 0.3) is 0 Å². The number of carbonyl (C=O) groups is 2. The fourth-order valence-electron chi connectivity index (χ4n) is 1.58. The van der Waals surface area contributed by atoms with Gasteiger partial charge in [0.05, 0.1) is 16.7 Å². The largest absolute Gasteiger partial charge is 0.367 e. The summed E-state index contributed by atoms with van der Waals surface area (Å²) in [5, 5.41) is 3.85. The van der Waals surface area contributed by atoms with Crippen LogP contribution in [-0.4, -0.2) is 23.4 Å². The molecule has 1 saturated heterocycles. The molecule has 0 aliphatic carbocycles. The Labute approximate surface area is 108 Å². The lowest BCUT2D eigenvalue weighted by Gasteiger charge is -2.15. The molecule has 0 aromatic heterocycles. The molecule has 90 valence electrons. The van der Waals surface area contributed by atoms with Gasteiger partial charge in [-0.1, -0.05) is 23.2 Å². The standard InChI is InChI=1S/C11H10Cl2N2O2/c12-8-2-1-7(5-9(8)13)14-6-15-10(16)3-4-11(15)17/h1-2,5,14H,3-4,6H2. The highest BCUT2D eigenvalue weighted by Gasteiger charge is 2.28. The second-order valence-electron chi connectivity index (χ2n) is 3.68. The first-order valence-electron chi connectivity index (χ1n) is 5.10. The van der Waals surface area contributed by atoms with Crippen LogP contribution in [0, 0.1) is 0 Å². The van der Waals surface area contributed by atoms with Crippen LogP contribution in [0.3, 0.4) is 0 Å². The van der Waals surface area contributed by atoms with Crippen molar-refractivity contribution in [3.8, 4) is 0 Å². The zero-order chi connectivity index (χ0) is 12.4. The summed E-state index contributed by atoms with van der Waals surface area (Å²) < 4.78 is 0. The molecule has 0 unspecified atom stereocenters. The number of carbonyl (C=O) groups excluding carboxylic acids is 2. The van der Waals surface area contributed by atoms with Crippen LogP contribution in [-0.2, 0) is 9.59 Å². The molecular formula is C11H10Cl2N2O2. The third kappa shape index (κ3) is 2.70. The van der Waals surface area contributed by atoms with Gasteiger partial charge in [0.15, 0.2) is 0 Å². The Morgan fingerprint density at radius 1 is 1.12 bits per heavy atom. The third-order valence-electron chi connectivity index (χ3n) is 2.52. The van der Waals surface area contributed by atoms with Crippen molar-refractivity contribution in [2.24, 2.45) is 0 Å². The number of imide groups is 1. The number of halogens is 2. The number of nitrogens with one attached hydrogen (secondary N) is 1. The number of hydrogen-bond donors (Lipinski definition) is 1. The number of amides is 2. The zero-order valence-corrected chi connectivity index (χ0v) is 10.4. The molecule has 0 radical (unpaired) electrons. The van der Waals surface area contributed by atoms with Gasteiger partial charge in [-0.15, -0.1) is 0 Å². The summed E-state index contributed by atoms with van der Waals surface area (Å²) in [7, 11) is 0. The molecule has 1 aromatic rings. The van der Waals surface area contributed by atoms with Crippen LogP contribution in [0.15, 0.2) is 18.2 Å². The van der Waals surface area contributed by atoms with Gasteiger partial charge in [-0.3, -0.25) is 14.5 Å². The lowest BCUT2D eigenvalue weighted by atomic mass is 10.3. The summed E-state index contributed by atoms with van der Waals surface area (Å²) in [6.45, 7) is 0.162. The van der Waals surface area contributed by atoms with E-state index in [1.807, 2.05) is 0 Å². The minimum atomic E-state index is -0.150. The highest BCUT2D eigenvalue weighted by atomic mass is 35.5. The van der Waals surface area contributed by atoms with Crippen LogP contribution in [0.5, 0.6) is 0 Å². The van der Waals surface area contributed by atoms with Gasteiger partial charge >= 0.3 is 0 Å². The summed E-state index contributed by atoms with van der Waals surface area (Å²) in [5.41, 5.74) is 0.715. The van der Waals surface area contributed by atoms with Crippen molar-refractivity contribution < 1.29 is 9.59 Å². The van der Waals surface area contributed by atoms with Gasteiger partial charge in [0, 0.05) is 18.5 Å². The summed E-state index contributed by atoms with van der Waals surface area (Å²) in [6, 6.07) is 5.04. The van der Waals surface area contributed by atoms with Gasteiger partial charge in [0.2, 0.25) is 11.8 Å². The molecule has 6 heteroatoms. The smallest absolute Gasteiger partial charge is 0.231 e. The van der Waals surface area contributed by atoms with Gasteiger partial charge in [-0.2, -0.15) is 0 Å². The van der Waals surface area contributed by atoms with Crippen molar-refractivity contribution in [3.05, 3.63) is 28.2 Å². The second kappa shape index (κ2) is 4.94. The monoisotopic (exact) mass is 272 g/mol. The second-order valence-corrected chi connectivity index (χ2v) is 4.49. The van der Waals surface area contributed by atoms with Gasteiger partial charge in [-0.05, 0) is 18.2 Å². The molecule has 1 fully saturated rings. The molecule has 1 aliphatic heterocycles. The van der Waals surface area contributed by atoms with E-state index < -0.39 is 0 Å². The molecule has 0 bridgehead atoms. The van der Waals surface area contributed by atoms with Crippen LogP contribution in [0.4, 0.5) is 5.69 Å². The van der Waals surface area contributed by atoms with Crippen LogP contribution in [0.2, 0.25) is 10.0 Å². The minimum Gasteiger partial charge on any atom is -0.367 e. The van der Waals surface area contributed by atoms with Crippen molar-refractivity contribution in [3.63, 3.8) is 0 Å². The normalized spacial score (nSPS) is 15.5. The first kappa shape index (κ1) is 12.2. The average Bonchev–Trinajstić information content (AvgIpc) is 2.61. The number of benzene rings is 1. The number of rotatable bonds is 3. The third-order valence-corrected chi connectivity index (χ3v) is 3.25. The molecule has 17 heavy (non-hydrogen) atoms. The zero-order valence-electron chi connectivity index (χ0n) is 8.87. The van der Waals surface area contributed by atoms with Crippen molar-refractivity contribution in [2.75, 3.05) is 12.0 Å². The summed E-state index contributed by atoms with van der Waals surface area (Å²) in [4.78, 5) is 23.9. The van der Waals surface area contributed by atoms with E-state index in [4.69, 9.17) is 23.2 Å². The predicted octanol–water partition coefficient (Wildman–Crippen LogP) is 2.51. The maximum atomic E-state index is 11.3. The molecule has 2 amide bonds. The highest BCUT2D eigenvalue weighted by molar-refractivity contribution is 6.42. The van der Waals surface area contributed by atoms with Crippen molar-refractivity contribution in [1.82, 2.24) is 4.90 Å². The Morgan fingerprint density at radius 2 is 1.76 bits per heavy atom. The predicted molar refractivity (Wildman–Crippen MR) is 66.0 cm³/mol. The van der Waals surface area contributed by atoms with E-state index in [0.717, 1.165) is 0 Å². The maximum absolute atomic E-state index is 11.3. The van der Waals surface area contributed by atoms with Gasteiger partial charge in [-0.25, -0.2) is 0 Å². The van der Waals surface area contributed by atoms with Crippen molar-refractivity contribution in [1.29, 1.82) is 0 Å². The number of likely N-dealkylation sites (tertiary alicyclic amines) is 1. The Hall–Kier alpha value is -1.26. The van der Waals surface area contributed by atoms with Crippen LogP contribution in [0.25, 0.3) is 0 Å². The number of anilines is 1. The van der Waals surface area contributed by atoms with Gasteiger partial charge in [0.1, 0.15) is 0 Å². The molecule has 0 atom stereocenters. The van der Waals surface area contributed by atoms with Crippen molar-refractivity contribution in [2.45, 2.75) is 12.8 Å². The average molecular weight is 273 g/mol. The number of hydrogen-bond acceptors (Lipinski definition) is 3. The molecule has 4 nitrogen and oxygen atoms in total. The summed E-state index contributed by atoms with van der Waals surface area (Å²) in [5.74, 6) is -0.301. The molecule has 1 heterocycles. The fourth-order valence-corrected chi connectivity index (χ4v) is 1.87. The summed E-state index contributed by atoms with van der Waals surface area (Å²) in [6.07, 6.45) is 0.587. The minimum absolute atomic E-state index is 0.150. The fraction of sp³-hybridized carbons (Fsp3) is 0.273. The Kier molecular flexibility index (Phi) is 3.54. The Balaban J connectivity index is 2.00. The van der Waals surface area contributed by atoms with E-state index in [1.54, 1.807) is 18.2 Å². The first-order chi connectivity index (χ1) is 8.08. The Morgan fingerprint density at radius 3 is 2.35 bits per heavy atom. The number of nitrogens with zero attached hydrogens (tertiary/aromatic N) is 1. The van der Waals surface area contributed by atoms with Crippen molar-refractivity contribution >= 4 is 40.7 Å². The molecule has 0 spiro atoms. The van der Waals surface area contributed by atoms with Crippen LogP contribution in [0.1, 0.15) is 12.8 Å². The molecule has 1 aromatic carbocycles. The highest BCUT2D eigenvalue weighted by Crippen LogP contribution is 2.25. The molecule has 1 aliphatic rings. The summed E-state index contributed by atoms with van der Waals surface area (Å²) >= 11 is 11.6. The van der Waals surface area contributed by atoms with Crippen LogP contribution >= 0.6 is 23.2 Å². The molecule has 0 saturated carbocycles. The van der Waals surface area contributed by atoms with E-state index in [1.165, 1.54) is 4.90 Å². The van der Waals surface area contributed by atoms with E-state index in [0.29, 0.717) is 28.6 Å². The quantitative estimate of drug-likeness (QED) is 0.861. The van der Waals surface area contributed by atoms with E-state index in [2.05, 4.69) is 5.32 Å². The van der Waals surface area contributed by atoms with Crippen LogP contribution < -0.4 is 5.32 Å². The lowest BCUT2D eigenvalue weighted by Crippen LogP contribution is -2.33. The first-order valence-corrected chi connectivity index (χ1v) is 5.85. The molecular weight excluding hydrogens is 263 g/mol. The SMILES string of the molecule is O=C1CCC(=O)N1CNc1ccc(Cl)c(Cl)c1. The van der Waals surface area contributed by atoms with E-state index in [9.17, 15) is 9.59 Å². The van der Waals surface area contributed by atoms with E-state index >= 15 is 0 Å². The molecule has 2 rings (SSSR count). The topological polar surface area (TPSA) is 49.4 Å². The maximum Gasteiger partial charge on any atom is 0.231 e. The Bertz CT molecular complexity index is 461. The molecule has 1 N–H and O–H groups in total. The van der Waals surface area contributed by atoms with E-state index in [-0.39, 0.29) is 18.5 Å².